The van der Waals surface area contributed by atoms with E-state index in [2.05, 4.69) is 4.90 Å². The first-order chi connectivity index (χ1) is 12.5. The lowest BCUT2D eigenvalue weighted by molar-refractivity contribution is -0.133. The number of benzene rings is 1. The quantitative estimate of drug-likeness (QED) is 0.791. The Balaban J connectivity index is 1.55. The summed E-state index contributed by atoms with van der Waals surface area (Å²) < 4.78 is 39.9. The molecule has 0 spiro atoms. The molecule has 3 rings (SSSR count). The topological polar surface area (TPSA) is 60.9 Å². The van der Waals surface area contributed by atoms with E-state index in [4.69, 9.17) is 0 Å². The number of rotatable bonds is 4. The average molecular weight is 383 g/mol. The molecule has 2 aliphatic rings. The third kappa shape index (κ3) is 4.61. The van der Waals surface area contributed by atoms with Gasteiger partial charge in [0.05, 0.1) is 11.4 Å². The van der Waals surface area contributed by atoms with Crippen LogP contribution in [0.25, 0.3) is 0 Å². The van der Waals surface area contributed by atoms with Crippen molar-refractivity contribution < 1.29 is 17.6 Å². The van der Waals surface area contributed by atoms with Crippen molar-refractivity contribution in [2.45, 2.75) is 30.6 Å². The maximum atomic E-state index is 13.3. The van der Waals surface area contributed by atoms with Gasteiger partial charge in [-0.25, -0.2) is 12.8 Å². The SMILES string of the molecule is O=C(CN1CCCCCC1)N1CCN(S(=O)(=O)c2cccc(F)c2)CC1. The summed E-state index contributed by atoms with van der Waals surface area (Å²) >= 11 is 0. The highest BCUT2D eigenvalue weighted by molar-refractivity contribution is 7.89. The van der Waals surface area contributed by atoms with Gasteiger partial charge in [0.25, 0.3) is 0 Å². The highest BCUT2D eigenvalue weighted by Crippen LogP contribution is 2.19. The van der Waals surface area contributed by atoms with Crippen LogP contribution in [0.3, 0.4) is 0 Å². The fourth-order valence-electron chi connectivity index (χ4n) is 3.54. The summed E-state index contributed by atoms with van der Waals surface area (Å²) in [7, 11) is -3.72. The molecule has 8 heteroatoms. The molecule has 6 nitrogen and oxygen atoms in total. The lowest BCUT2D eigenvalue weighted by atomic mass is 10.2. The summed E-state index contributed by atoms with van der Waals surface area (Å²) in [5, 5.41) is 0. The van der Waals surface area contributed by atoms with Gasteiger partial charge in [-0.15, -0.1) is 0 Å². The van der Waals surface area contributed by atoms with Crippen LogP contribution in [0.2, 0.25) is 0 Å². The first-order valence-electron chi connectivity index (χ1n) is 9.23. The zero-order chi connectivity index (χ0) is 18.6. The Morgan fingerprint density at radius 1 is 0.962 bits per heavy atom. The van der Waals surface area contributed by atoms with Gasteiger partial charge in [0.1, 0.15) is 5.82 Å². The zero-order valence-electron chi connectivity index (χ0n) is 14.9. The van der Waals surface area contributed by atoms with Gasteiger partial charge in [0.15, 0.2) is 0 Å². The van der Waals surface area contributed by atoms with Crippen LogP contribution in [0.4, 0.5) is 4.39 Å². The number of carbonyl (C=O) groups excluding carboxylic acids is 1. The third-order valence-corrected chi connectivity index (χ3v) is 6.98. The van der Waals surface area contributed by atoms with Gasteiger partial charge in [-0.3, -0.25) is 9.69 Å². The van der Waals surface area contributed by atoms with E-state index in [1.807, 2.05) is 0 Å². The van der Waals surface area contributed by atoms with Crippen LogP contribution in [-0.2, 0) is 14.8 Å². The van der Waals surface area contributed by atoms with Gasteiger partial charge in [0.2, 0.25) is 15.9 Å². The predicted octanol–water partition coefficient (Wildman–Crippen LogP) is 1.53. The van der Waals surface area contributed by atoms with E-state index in [0.717, 1.165) is 32.0 Å². The van der Waals surface area contributed by atoms with Gasteiger partial charge in [-0.05, 0) is 44.1 Å². The van der Waals surface area contributed by atoms with Crippen LogP contribution >= 0.6 is 0 Å². The number of hydrogen-bond donors (Lipinski definition) is 0. The monoisotopic (exact) mass is 383 g/mol. The summed E-state index contributed by atoms with van der Waals surface area (Å²) in [6.45, 7) is 3.56. The first-order valence-corrected chi connectivity index (χ1v) is 10.7. The number of sulfonamides is 1. The van der Waals surface area contributed by atoms with Crippen LogP contribution < -0.4 is 0 Å². The van der Waals surface area contributed by atoms with Crippen molar-refractivity contribution in [2.24, 2.45) is 0 Å². The molecule has 1 aromatic rings. The van der Waals surface area contributed by atoms with Crippen LogP contribution in [0.1, 0.15) is 25.7 Å². The molecule has 2 fully saturated rings. The first kappa shape index (κ1) is 19.3. The van der Waals surface area contributed by atoms with Crippen LogP contribution in [0, 0.1) is 5.82 Å². The normalized spacial score (nSPS) is 20.7. The number of carbonyl (C=O) groups is 1. The molecular formula is C18H26FN3O3S. The Morgan fingerprint density at radius 3 is 2.23 bits per heavy atom. The van der Waals surface area contributed by atoms with E-state index in [0.29, 0.717) is 19.6 Å². The van der Waals surface area contributed by atoms with Gasteiger partial charge < -0.3 is 4.90 Å². The Morgan fingerprint density at radius 2 is 1.62 bits per heavy atom. The Hall–Kier alpha value is -1.51. The number of hydrogen-bond acceptors (Lipinski definition) is 4. The fourth-order valence-corrected chi connectivity index (χ4v) is 4.99. The number of halogens is 1. The van der Waals surface area contributed by atoms with Crippen molar-refractivity contribution in [3.8, 4) is 0 Å². The summed E-state index contributed by atoms with van der Waals surface area (Å²) in [5.74, 6) is -0.507. The Bertz CT molecular complexity index is 725. The second kappa shape index (κ2) is 8.45. The molecule has 0 saturated carbocycles. The second-order valence-electron chi connectivity index (χ2n) is 6.93. The minimum atomic E-state index is -3.72. The molecule has 0 aromatic heterocycles. The Labute approximate surface area is 154 Å². The molecule has 0 atom stereocenters. The highest BCUT2D eigenvalue weighted by Gasteiger charge is 2.30. The number of amides is 1. The van der Waals surface area contributed by atoms with E-state index < -0.39 is 15.8 Å². The van der Waals surface area contributed by atoms with Crippen LogP contribution in [-0.4, -0.2) is 74.2 Å². The van der Waals surface area contributed by atoms with Crippen LogP contribution in [0.15, 0.2) is 29.2 Å². The third-order valence-electron chi connectivity index (χ3n) is 5.08. The molecule has 0 aliphatic carbocycles. The lowest BCUT2D eigenvalue weighted by Crippen LogP contribution is -2.52. The number of likely N-dealkylation sites (tertiary alicyclic amines) is 1. The molecule has 144 valence electrons. The van der Waals surface area contributed by atoms with Crippen LogP contribution in [0.5, 0.6) is 0 Å². The molecule has 2 saturated heterocycles. The van der Waals surface area contributed by atoms with E-state index in [-0.39, 0.29) is 23.9 Å². The molecule has 0 bridgehead atoms. The van der Waals surface area contributed by atoms with E-state index >= 15 is 0 Å². The summed E-state index contributed by atoms with van der Waals surface area (Å²) in [5.41, 5.74) is 0. The maximum Gasteiger partial charge on any atom is 0.243 e. The van der Waals surface area contributed by atoms with Crippen molar-refractivity contribution in [3.05, 3.63) is 30.1 Å². The zero-order valence-corrected chi connectivity index (χ0v) is 15.8. The Kier molecular flexibility index (Phi) is 6.26. The fraction of sp³-hybridized carbons (Fsp3) is 0.611. The molecule has 26 heavy (non-hydrogen) atoms. The predicted molar refractivity (Wildman–Crippen MR) is 96.6 cm³/mol. The standard InChI is InChI=1S/C18H26FN3O3S/c19-16-6-5-7-17(14-16)26(24,25)22-12-10-21(11-13-22)18(23)15-20-8-3-1-2-4-9-20/h5-7,14H,1-4,8-13,15H2. The molecule has 2 aliphatic heterocycles. The smallest absolute Gasteiger partial charge is 0.243 e. The minimum Gasteiger partial charge on any atom is -0.339 e. The minimum absolute atomic E-state index is 0.0400. The van der Waals surface area contributed by atoms with Gasteiger partial charge in [-0.1, -0.05) is 18.9 Å². The molecule has 2 heterocycles. The molecule has 1 amide bonds. The summed E-state index contributed by atoms with van der Waals surface area (Å²) in [6, 6.07) is 5.04. The van der Waals surface area contributed by atoms with Gasteiger partial charge in [-0.2, -0.15) is 4.31 Å². The van der Waals surface area contributed by atoms with E-state index in [1.54, 1.807) is 4.90 Å². The molecule has 0 radical (unpaired) electrons. The summed E-state index contributed by atoms with van der Waals surface area (Å²) in [6.07, 6.45) is 4.71. The lowest BCUT2D eigenvalue weighted by Gasteiger charge is -2.35. The van der Waals surface area contributed by atoms with E-state index in [1.165, 1.54) is 35.3 Å². The average Bonchev–Trinajstić information content (AvgIpc) is 2.90. The van der Waals surface area contributed by atoms with Gasteiger partial charge >= 0.3 is 0 Å². The van der Waals surface area contributed by atoms with E-state index in [9.17, 15) is 17.6 Å². The van der Waals surface area contributed by atoms with Crippen molar-refractivity contribution in [3.63, 3.8) is 0 Å². The number of piperazine rings is 1. The maximum absolute atomic E-state index is 13.3. The summed E-state index contributed by atoms with van der Waals surface area (Å²) in [4.78, 5) is 16.4. The molecule has 0 unspecified atom stereocenters. The van der Waals surface area contributed by atoms with Crippen molar-refractivity contribution >= 4 is 15.9 Å². The second-order valence-corrected chi connectivity index (χ2v) is 8.87. The van der Waals surface area contributed by atoms with Crippen molar-refractivity contribution in [1.29, 1.82) is 0 Å². The molecule has 1 aromatic carbocycles. The number of nitrogens with zero attached hydrogens (tertiary/aromatic N) is 3. The molecule has 0 N–H and O–H groups in total. The van der Waals surface area contributed by atoms with Gasteiger partial charge in [0, 0.05) is 26.2 Å². The van der Waals surface area contributed by atoms with Crippen molar-refractivity contribution in [2.75, 3.05) is 45.8 Å². The largest absolute Gasteiger partial charge is 0.339 e. The molecular weight excluding hydrogens is 357 g/mol. The van der Waals surface area contributed by atoms with Crippen molar-refractivity contribution in [1.82, 2.24) is 14.1 Å². The highest BCUT2D eigenvalue weighted by atomic mass is 32.2.